The van der Waals surface area contributed by atoms with Gasteiger partial charge >= 0.3 is 0 Å². The van der Waals surface area contributed by atoms with Crippen LogP contribution >= 0.6 is 11.6 Å². The molecule has 5 rings (SSSR count). The third-order valence-corrected chi connectivity index (χ3v) is 8.67. The molecule has 2 aliphatic rings. The van der Waals surface area contributed by atoms with E-state index in [0.29, 0.717) is 42.6 Å². The minimum atomic E-state index is -2.99. The summed E-state index contributed by atoms with van der Waals surface area (Å²) in [7, 11) is -1.47. The van der Waals surface area contributed by atoms with Crippen LogP contribution in [0.4, 0.5) is 0 Å². The fraction of sp³-hybridized carbons (Fsp3) is 0.400. The zero-order valence-electron chi connectivity index (χ0n) is 19.3. The topological polar surface area (TPSA) is 98.7 Å². The van der Waals surface area contributed by atoms with Crippen molar-refractivity contribution in [2.75, 3.05) is 31.7 Å². The first-order valence-electron chi connectivity index (χ1n) is 11.6. The van der Waals surface area contributed by atoms with Crippen molar-refractivity contribution in [3.8, 4) is 22.8 Å². The second kappa shape index (κ2) is 9.62. The van der Waals surface area contributed by atoms with E-state index >= 15 is 0 Å². The van der Waals surface area contributed by atoms with E-state index in [2.05, 4.69) is 9.97 Å². The van der Waals surface area contributed by atoms with Crippen molar-refractivity contribution in [3.63, 3.8) is 0 Å². The van der Waals surface area contributed by atoms with Gasteiger partial charge < -0.3 is 14.4 Å². The van der Waals surface area contributed by atoms with E-state index in [9.17, 15) is 13.2 Å². The molecule has 2 aromatic heterocycles. The summed E-state index contributed by atoms with van der Waals surface area (Å²) in [5.74, 6) is 1.09. The Kier molecular flexibility index (Phi) is 6.55. The number of rotatable bonds is 5. The summed E-state index contributed by atoms with van der Waals surface area (Å²) in [4.78, 5) is 23.5. The zero-order valence-corrected chi connectivity index (χ0v) is 20.9. The lowest BCUT2D eigenvalue weighted by Gasteiger charge is -2.26. The van der Waals surface area contributed by atoms with Crippen LogP contribution in [0, 0.1) is 5.92 Å². The normalized spacial score (nSPS) is 20.2. The highest BCUT2D eigenvalue weighted by Crippen LogP contribution is 2.34. The number of methoxy groups -OCH3 is 1. The van der Waals surface area contributed by atoms with Crippen molar-refractivity contribution in [3.05, 3.63) is 47.7 Å². The molecule has 0 N–H and O–H groups in total. The molecule has 1 aromatic carbocycles. The first kappa shape index (κ1) is 23.8. The van der Waals surface area contributed by atoms with Gasteiger partial charge in [0.25, 0.3) is 0 Å². The molecule has 1 atom stereocenters. The second-order valence-electron chi connectivity index (χ2n) is 8.99. The summed E-state index contributed by atoms with van der Waals surface area (Å²) < 4.78 is 34.8. The molecule has 8 nitrogen and oxygen atoms in total. The van der Waals surface area contributed by atoms with E-state index in [1.165, 1.54) is 7.11 Å². The van der Waals surface area contributed by atoms with Crippen LogP contribution in [0.2, 0.25) is 5.02 Å². The van der Waals surface area contributed by atoms with Crippen molar-refractivity contribution >= 4 is 38.2 Å². The Morgan fingerprint density at radius 2 is 1.91 bits per heavy atom. The number of carbonyl (C=O) groups is 1. The number of hydrogen-bond donors (Lipinski definition) is 0. The van der Waals surface area contributed by atoms with E-state index in [4.69, 9.17) is 21.1 Å². The van der Waals surface area contributed by atoms with Gasteiger partial charge in [-0.3, -0.25) is 9.78 Å². The van der Waals surface area contributed by atoms with Crippen LogP contribution in [0.3, 0.4) is 0 Å². The van der Waals surface area contributed by atoms with Gasteiger partial charge in [0, 0.05) is 42.2 Å². The van der Waals surface area contributed by atoms with E-state index < -0.39 is 9.84 Å². The summed E-state index contributed by atoms with van der Waals surface area (Å²) in [6, 6.07) is 9.47. The molecule has 35 heavy (non-hydrogen) atoms. The summed E-state index contributed by atoms with van der Waals surface area (Å²) in [6.07, 6.45) is 4.88. The number of ether oxygens (including phenoxy) is 2. The highest BCUT2D eigenvalue weighted by atomic mass is 35.5. The number of carbonyl (C=O) groups excluding carboxylic acids is 1. The number of nitrogens with zero attached hydrogens (tertiary/aromatic N) is 3. The van der Waals surface area contributed by atoms with Gasteiger partial charge in [0.05, 0.1) is 30.7 Å². The Balaban J connectivity index is 1.31. The number of amides is 1. The number of halogens is 1. The Hall–Kier alpha value is -2.91. The third-order valence-electron chi connectivity index (χ3n) is 6.69. The number of likely N-dealkylation sites (tertiary alicyclic amines) is 1. The third kappa shape index (κ3) is 5.06. The Morgan fingerprint density at radius 1 is 1.11 bits per heavy atom. The van der Waals surface area contributed by atoms with Crippen LogP contribution in [-0.2, 0) is 14.6 Å². The minimum Gasteiger partial charge on any atom is -0.488 e. The molecule has 2 saturated heterocycles. The van der Waals surface area contributed by atoms with E-state index in [1.54, 1.807) is 12.4 Å². The quantitative estimate of drug-likeness (QED) is 0.510. The Morgan fingerprint density at radius 3 is 2.66 bits per heavy atom. The fourth-order valence-corrected chi connectivity index (χ4v) is 6.52. The molecule has 0 saturated carbocycles. The molecule has 0 radical (unpaired) electrons. The van der Waals surface area contributed by atoms with Gasteiger partial charge in [-0.15, -0.1) is 0 Å². The Bertz CT molecular complexity index is 1370. The maximum Gasteiger partial charge on any atom is 0.232 e. The molecule has 10 heteroatoms. The van der Waals surface area contributed by atoms with Crippen LogP contribution in [0.1, 0.15) is 19.3 Å². The number of hydrogen-bond acceptors (Lipinski definition) is 7. The van der Waals surface area contributed by atoms with Crippen LogP contribution in [0.5, 0.6) is 11.6 Å². The van der Waals surface area contributed by atoms with Crippen LogP contribution in [0.15, 0.2) is 42.7 Å². The van der Waals surface area contributed by atoms with Crippen LogP contribution in [-0.4, -0.2) is 67.0 Å². The van der Waals surface area contributed by atoms with Crippen molar-refractivity contribution in [2.45, 2.75) is 25.4 Å². The van der Waals surface area contributed by atoms with Gasteiger partial charge in [-0.25, -0.2) is 13.4 Å². The first-order valence-corrected chi connectivity index (χ1v) is 13.8. The number of benzene rings is 1. The summed E-state index contributed by atoms with van der Waals surface area (Å²) >= 11 is 6.29. The Labute approximate surface area is 209 Å². The van der Waals surface area contributed by atoms with Crippen molar-refractivity contribution in [2.24, 2.45) is 5.92 Å². The van der Waals surface area contributed by atoms with Crippen molar-refractivity contribution in [1.82, 2.24) is 14.9 Å². The van der Waals surface area contributed by atoms with Gasteiger partial charge in [0.2, 0.25) is 11.8 Å². The molecule has 1 amide bonds. The first-order chi connectivity index (χ1) is 16.8. The summed E-state index contributed by atoms with van der Waals surface area (Å²) in [6.45, 7) is 1.11. The van der Waals surface area contributed by atoms with Gasteiger partial charge in [0.1, 0.15) is 26.7 Å². The molecular formula is C25H26ClN3O5S. The monoisotopic (exact) mass is 515 g/mol. The maximum atomic E-state index is 12.9. The van der Waals surface area contributed by atoms with E-state index in [-0.39, 0.29) is 29.4 Å². The highest BCUT2D eigenvalue weighted by molar-refractivity contribution is 7.91. The molecule has 0 bridgehead atoms. The van der Waals surface area contributed by atoms with Gasteiger partial charge in [0.15, 0.2) is 0 Å². The highest BCUT2D eigenvalue weighted by Gasteiger charge is 2.35. The van der Waals surface area contributed by atoms with Crippen molar-refractivity contribution in [1.29, 1.82) is 0 Å². The molecular weight excluding hydrogens is 490 g/mol. The average Bonchev–Trinajstić information content (AvgIpc) is 3.31. The lowest BCUT2D eigenvalue weighted by molar-refractivity contribution is -0.135. The molecule has 2 fully saturated rings. The SMILES string of the molecule is COc1ncc(-c2ccnc3ccc(O[C@H]4CCN(C(=O)C5CCS(=O)(=O)CC5)C4)cc23)cc1Cl. The molecule has 0 unspecified atom stereocenters. The van der Waals surface area contributed by atoms with Crippen molar-refractivity contribution < 1.29 is 22.7 Å². The zero-order chi connectivity index (χ0) is 24.6. The lowest BCUT2D eigenvalue weighted by atomic mass is 10.0. The predicted octanol–water partition coefficient (Wildman–Crippen LogP) is 3.76. The minimum absolute atomic E-state index is 0.0416. The maximum absolute atomic E-state index is 12.9. The van der Waals surface area contributed by atoms with Gasteiger partial charge in [-0.1, -0.05) is 11.6 Å². The smallest absolute Gasteiger partial charge is 0.232 e. The van der Waals surface area contributed by atoms with Gasteiger partial charge in [-0.2, -0.15) is 0 Å². The van der Waals surface area contributed by atoms with Crippen LogP contribution in [0.25, 0.3) is 22.0 Å². The number of fused-ring (bicyclic) bond motifs is 1. The van der Waals surface area contributed by atoms with Gasteiger partial charge in [-0.05, 0) is 48.7 Å². The largest absolute Gasteiger partial charge is 0.488 e. The second-order valence-corrected chi connectivity index (χ2v) is 11.7. The number of aromatic nitrogens is 2. The van der Waals surface area contributed by atoms with E-state index in [1.807, 2.05) is 35.2 Å². The number of sulfone groups is 1. The van der Waals surface area contributed by atoms with E-state index in [0.717, 1.165) is 28.5 Å². The molecule has 0 spiro atoms. The fourth-order valence-electron chi connectivity index (χ4n) is 4.79. The summed E-state index contributed by atoms with van der Waals surface area (Å²) in [5.41, 5.74) is 2.58. The molecule has 2 aliphatic heterocycles. The van der Waals surface area contributed by atoms with Crippen LogP contribution < -0.4 is 9.47 Å². The average molecular weight is 516 g/mol. The standard InChI is InChI=1S/C25H26ClN3O5S/c1-33-24-22(26)12-17(14-28-24)20-4-8-27-23-3-2-18(13-21(20)23)34-19-5-9-29(15-19)25(30)16-6-10-35(31,32)11-7-16/h2-4,8,12-14,16,19H,5-7,9-11,15H2,1H3/t19-/m0/s1. The molecule has 184 valence electrons. The summed E-state index contributed by atoms with van der Waals surface area (Å²) in [5, 5.41) is 1.33. The molecule has 4 heterocycles. The number of pyridine rings is 2. The molecule has 0 aliphatic carbocycles. The molecule has 3 aromatic rings. The predicted molar refractivity (Wildman–Crippen MR) is 134 cm³/mol. The lowest BCUT2D eigenvalue weighted by Crippen LogP contribution is -2.39.